The van der Waals surface area contributed by atoms with E-state index in [0.29, 0.717) is 19.5 Å². The number of hydrogen-bond donors (Lipinski definition) is 1. The van der Waals surface area contributed by atoms with Gasteiger partial charge in [0.1, 0.15) is 10.6 Å². The summed E-state index contributed by atoms with van der Waals surface area (Å²) in [7, 11) is -1.87. The minimum atomic E-state index is -3.53. The number of sulfonamides is 1. The van der Waals surface area contributed by atoms with Crippen LogP contribution in [-0.4, -0.2) is 48.1 Å². The number of piperidine rings is 1. The standard InChI is InChI=1S/C21H24N4O3S/c1-28-19-8-2-5-16(12-19)11-18-7-3-9-21(24-18)17-6-4-10-25(15-17)29(26,27)20-13-22-23-14-20/h2-3,5,7-9,12-14,17H,4,6,10-11,15H2,1H3,(H,22,23). The number of pyridine rings is 1. The van der Waals surface area contributed by atoms with E-state index in [1.807, 2.05) is 36.4 Å². The smallest absolute Gasteiger partial charge is 0.246 e. The van der Waals surface area contributed by atoms with Crippen LogP contribution in [0.1, 0.15) is 35.7 Å². The van der Waals surface area contributed by atoms with Crippen molar-refractivity contribution in [3.63, 3.8) is 0 Å². The van der Waals surface area contributed by atoms with E-state index >= 15 is 0 Å². The maximum absolute atomic E-state index is 12.8. The molecule has 1 fully saturated rings. The van der Waals surface area contributed by atoms with E-state index in [9.17, 15) is 8.42 Å². The highest BCUT2D eigenvalue weighted by atomic mass is 32.2. The lowest BCUT2D eigenvalue weighted by Crippen LogP contribution is -2.39. The summed E-state index contributed by atoms with van der Waals surface area (Å²) in [6, 6.07) is 14.0. The maximum atomic E-state index is 12.8. The molecule has 1 atom stereocenters. The fourth-order valence-electron chi connectivity index (χ4n) is 3.75. The molecule has 0 aliphatic carbocycles. The predicted octanol–water partition coefficient (Wildman–Crippen LogP) is 2.97. The van der Waals surface area contributed by atoms with Gasteiger partial charge in [-0.2, -0.15) is 9.40 Å². The van der Waals surface area contributed by atoms with Crippen molar-refractivity contribution < 1.29 is 13.2 Å². The Kier molecular flexibility index (Phi) is 5.64. The number of nitrogens with one attached hydrogen (secondary N) is 1. The molecule has 2 aromatic heterocycles. The second-order valence-electron chi connectivity index (χ2n) is 7.22. The zero-order chi connectivity index (χ0) is 20.3. The number of aromatic amines is 1. The SMILES string of the molecule is COc1cccc(Cc2cccc(C3CCCN(S(=O)(=O)c4cn[nH]c4)C3)n2)c1. The third-order valence-electron chi connectivity index (χ3n) is 5.26. The Morgan fingerprint density at radius 3 is 2.90 bits per heavy atom. The average molecular weight is 413 g/mol. The van der Waals surface area contributed by atoms with E-state index in [1.165, 1.54) is 12.4 Å². The minimum Gasteiger partial charge on any atom is -0.497 e. The molecule has 29 heavy (non-hydrogen) atoms. The molecule has 7 nitrogen and oxygen atoms in total. The summed E-state index contributed by atoms with van der Waals surface area (Å²) in [6.07, 6.45) is 5.21. The normalized spacial score (nSPS) is 17.9. The summed E-state index contributed by atoms with van der Waals surface area (Å²) in [5, 5.41) is 6.35. The van der Waals surface area contributed by atoms with Crippen LogP contribution in [0.4, 0.5) is 0 Å². The molecule has 1 unspecified atom stereocenters. The fraction of sp³-hybridized carbons (Fsp3) is 0.333. The first-order valence-electron chi connectivity index (χ1n) is 9.64. The van der Waals surface area contributed by atoms with Crippen molar-refractivity contribution in [3.05, 3.63) is 71.8 Å². The van der Waals surface area contributed by atoms with Crippen LogP contribution in [0.2, 0.25) is 0 Å². The van der Waals surface area contributed by atoms with Gasteiger partial charge in [0.2, 0.25) is 10.0 Å². The first kappa shape index (κ1) is 19.6. The van der Waals surface area contributed by atoms with Crippen molar-refractivity contribution in [1.29, 1.82) is 0 Å². The molecule has 3 aromatic rings. The van der Waals surface area contributed by atoms with Crippen molar-refractivity contribution in [2.24, 2.45) is 0 Å². The van der Waals surface area contributed by atoms with Crippen molar-refractivity contribution in [2.75, 3.05) is 20.2 Å². The minimum absolute atomic E-state index is 0.0793. The number of methoxy groups -OCH3 is 1. The van der Waals surface area contributed by atoms with Crippen molar-refractivity contribution in [2.45, 2.75) is 30.1 Å². The van der Waals surface area contributed by atoms with Crippen LogP contribution in [0.25, 0.3) is 0 Å². The number of ether oxygens (including phenoxy) is 1. The number of rotatable bonds is 6. The van der Waals surface area contributed by atoms with Gasteiger partial charge in [0.25, 0.3) is 0 Å². The van der Waals surface area contributed by atoms with Crippen molar-refractivity contribution in [1.82, 2.24) is 19.5 Å². The fourth-order valence-corrected chi connectivity index (χ4v) is 5.18. The Morgan fingerprint density at radius 1 is 1.24 bits per heavy atom. The highest BCUT2D eigenvalue weighted by molar-refractivity contribution is 7.89. The molecule has 0 saturated carbocycles. The van der Waals surface area contributed by atoms with Crippen LogP contribution in [0.15, 0.2) is 59.8 Å². The molecule has 1 N–H and O–H groups in total. The molecule has 0 bridgehead atoms. The molecule has 0 radical (unpaired) electrons. The Hall–Kier alpha value is -2.71. The lowest BCUT2D eigenvalue weighted by molar-refractivity contribution is 0.312. The zero-order valence-corrected chi connectivity index (χ0v) is 17.1. The summed E-state index contributed by atoms with van der Waals surface area (Å²) in [5.41, 5.74) is 3.03. The molecule has 0 amide bonds. The highest BCUT2D eigenvalue weighted by Gasteiger charge is 2.32. The van der Waals surface area contributed by atoms with E-state index in [2.05, 4.69) is 16.3 Å². The second kappa shape index (κ2) is 8.34. The summed E-state index contributed by atoms with van der Waals surface area (Å²) in [5.74, 6) is 0.904. The summed E-state index contributed by atoms with van der Waals surface area (Å²) in [6.45, 7) is 0.955. The highest BCUT2D eigenvalue weighted by Crippen LogP contribution is 2.29. The Balaban J connectivity index is 1.52. The van der Waals surface area contributed by atoms with E-state index in [1.54, 1.807) is 11.4 Å². The Morgan fingerprint density at radius 2 is 2.10 bits per heavy atom. The van der Waals surface area contributed by atoms with Gasteiger partial charge in [0, 0.05) is 43.0 Å². The molecule has 4 rings (SSSR count). The predicted molar refractivity (Wildman–Crippen MR) is 109 cm³/mol. The molecule has 152 valence electrons. The zero-order valence-electron chi connectivity index (χ0n) is 16.3. The van der Waals surface area contributed by atoms with Crippen molar-refractivity contribution >= 4 is 10.0 Å². The monoisotopic (exact) mass is 412 g/mol. The molecule has 1 aromatic carbocycles. The second-order valence-corrected chi connectivity index (χ2v) is 9.16. The van der Waals surface area contributed by atoms with E-state index < -0.39 is 10.0 Å². The average Bonchev–Trinajstić information content (AvgIpc) is 3.30. The van der Waals surface area contributed by atoms with Crippen LogP contribution in [-0.2, 0) is 16.4 Å². The third-order valence-corrected chi connectivity index (χ3v) is 7.09. The molecule has 8 heteroatoms. The van der Waals surface area contributed by atoms with Gasteiger partial charge in [-0.1, -0.05) is 18.2 Å². The number of H-pyrrole nitrogens is 1. The van der Waals surface area contributed by atoms with Gasteiger partial charge >= 0.3 is 0 Å². The molecule has 3 heterocycles. The summed E-state index contributed by atoms with van der Waals surface area (Å²) < 4.78 is 32.5. The largest absolute Gasteiger partial charge is 0.497 e. The lowest BCUT2D eigenvalue weighted by Gasteiger charge is -2.31. The van der Waals surface area contributed by atoms with Crippen LogP contribution in [0.5, 0.6) is 5.75 Å². The maximum Gasteiger partial charge on any atom is 0.246 e. The molecule has 1 saturated heterocycles. The van der Waals surface area contributed by atoms with Gasteiger partial charge in [-0.25, -0.2) is 8.42 Å². The van der Waals surface area contributed by atoms with Gasteiger partial charge in [-0.05, 0) is 42.7 Å². The van der Waals surface area contributed by atoms with E-state index in [0.717, 1.165) is 35.5 Å². The van der Waals surface area contributed by atoms with Gasteiger partial charge in [0.15, 0.2) is 0 Å². The van der Waals surface area contributed by atoms with Gasteiger partial charge < -0.3 is 4.74 Å². The summed E-state index contributed by atoms with van der Waals surface area (Å²) in [4.78, 5) is 5.05. The molecular weight excluding hydrogens is 388 g/mol. The third kappa shape index (κ3) is 4.33. The number of hydrogen-bond acceptors (Lipinski definition) is 5. The van der Waals surface area contributed by atoms with Gasteiger partial charge in [-0.3, -0.25) is 10.1 Å². The first-order valence-corrected chi connectivity index (χ1v) is 11.1. The topological polar surface area (TPSA) is 88.2 Å². The van der Waals surface area contributed by atoms with Crippen molar-refractivity contribution in [3.8, 4) is 5.75 Å². The first-order chi connectivity index (χ1) is 14.1. The molecular formula is C21H24N4O3S. The number of benzene rings is 1. The van der Waals surface area contributed by atoms with E-state index in [4.69, 9.17) is 9.72 Å². The van der Waals surface area contributed by atoms with Crippen LogP contribution >= 0.6 is 0 Å². The van der Waals surface area contributed by atoms with E-state index in [-0.39, 0.29) is 10.8 Å². The number of nitrogens with zero attached hydrogens (tertiary/aromatic N) is 3. The lowest BCUT2D eigenvalue weighted by atomic mass is 9.95. The van der Waals surface area contributed by atoms with Crippen LogP contribution < -0.4 is 4.74 Å². The van der Waals surface area contributed by atoms with Crippen LogP contribution in [0.3, 0.4) is 0 Å². The quantitative estimate of drug-likeness (QED) is 0.672. The summed E-state index contributed by atoms with van der Waals surface area (Å²) >= 11 is 0. The number of aromatic nitrogens is 3. The Bertz CT molecular complexity index is 1070. The van der Waals surface area contributed by atoms with Crippen LogP contribution in [0, 0.1) is 0 Å². The van der Waals surface area contributed by atoms with Gasteiger partial charge in [-0.15, -0.1) is 0 Å². The molecule has 1 aliphatic rings. The molecule has 1 aliphatic heterocycles. The molecule has 0 spiro atoms. The van der Waals surface area contributed by atoms with Gasteiger partial charge in [0.05, 0.1) is 13.3 Å². The Labute approximate surface area is 170 Å².